The van der Waals surface area contributed by atoms with Gasteiger partial charge in [-0.15, -0.1) is 6.58 Å². The fourth-order valence-corrected chi connectivity index (χ4v) is 1.92. The van der Waals surface area contributed by atoms with E-state index in [1.54, 1.807) is 0 Å². The highest BCUT2D eigenvalue weighted by Gasteiger charge is 2.00. The van der Waals surface area contributed by atoms with Crippen molar-refractivity contribution in [3.63, 3.8) is 0 Å². The summed E-state index contributed by atoms with van der Waals surface area (Å²) in [6.45, 7) is 5.42. The van der Waals surface area contributed by atoms with E-state index >= 15 is 0 Å². The van der Waals surface area contributed by atoms with Gasteiger partial charge in [0.05, 0.1) is 0 Å². The van der Waals surface area contributed by atoms with E-state index in [0.29, 0.717) is 0 Å². The Morgan fingerprint density at radius 3 is 2.89 bits per heavy atom. The second-order valence-electron chi connectivity index (χ2n) is 4.20. The normalized spacial score (nSPS) is 10.2. The number of nitrogens with zero attached hydrogens (tertiary/aromatic N) is 2. The molecule has 0 unspecified atom stereocenters. The number of hydrogen-bond donors (Lipinski definition) is 1. The van der Waals surface area contributed by atoms with Crippen molar-refractivity contribution in [1.82, 2.24) is 9.55 Å². The molecule has 3 heteroatoms. The number of aryl methyl sites for hydroxylation is 2. The first-order valence-corrected chi connectivity index (χ1v) is 6.30. The van der Waals surface area contributed by atoms with Crippen molar-refractivity contribution in [2.24, 2.45) is 0 Å². The first-order valence-electron chi connectivity index (χ1n) is 6.30. The van der Waals surface area contributed by atoms with Crippen LogP contribution in [0, 0.1) is 0 Å². The SMILES string of the molecule is C=CCNc1nccn1CCCc1ccccc1. The third-order valence-electron chi connectivity index (χ3n) is 2.83. The molecule has 0 radical (unpaired) electrons. The van der Waals surface area contributed by atoms with Crippen LogP contribution in [0.2, 0.25) is 0 Å². The molecule has 0 aliphatic heterocycles. The Kier molecular flexibility index (Phi) is 4.59. The van der Waals surface area contributed by atoms with Gasteiger partial charge in [0.2, 0.25) is 5.95 Å². The average molecular weight is 241 g/mol. The summed E-state index contributed by atoms with van der Waals surface area (Å²) in [5.74, 6) is 0.919. The first kappa shape index (κ1) is 12.4. The molecule has 3 nitrogen and oxygen atoms in total. The lowest BCUT2D eigenvalue weighted by Gasteiger charge is -2.08. The van der Waals surface area contributed by atoms with Crippen molar-refractivity contribution in [3.8, 4) is 0 Å². The van der Waals surface area contributed by atoms with E-state index < -0.39 is 0 Å². The van der Waals surface area contributed by atoms with Crippen molar-refractivity contribution in [1.29, 1.82) is 0 Å². The van der Waals surface area contributed by atoms with E-state index in [2.05, 4.69) is 51.8 Å². The van der Waals surface area contributed by atoms with E-state index in [9.17, 15) is 0 Å². The Hall–Kier alpha value is -2.03. The van der Waals surface area contributed by atoms with E-state index in [-0.39, 0.29) is 0 Å². The van der Waals surface area contributed by atoms with Crippen LogP contribution in [0.1, 0.15) is 12.0 Å². The van der Waals surface area contributed by atoms with Gasteiger partial charge < -0.3 is 9.88 Å². The molecule has 0 fully saturated rings. The van der Waals surface area contributed by atoms with Gasteiger partial charge in [0.25, 0.3) is 0 Å². The minimum Gasteiger partial charge on any atom is -0.352 e. The van der Waals surface area contributed by atoms with Gasteiger partial charge in [0.1, 0.15) is 0 Å². The van der Waals surface area contributed by atoms with E-state index in [1.165, 1.54) is 5.56 Å². The van der Waals surface area contributed by atoms with Crippen LogP contribution in [-0.4, -0.2) is 16.1 Å². The number of rotatable bonds is 7. The van der Waals surface area contributed by atoms with E-state index in [1.807, 2.05) is 18.5 Å². The summed E-state index contributed by atoms with van der Waals surface area (Å²) in [6.07, 6.45) is 7.89. The molecule has 1 aromatic carbocycles. The number of imidazole rings is 1. The number of nitrogens with one attached hydrogen (secondary N) is 1. The van der Waals surface area contributed by atoms with Crippen LogP contribution < -0.4 is 5.32 Å². The van der Waals surface area contributed by atoms with Crippen molar-refractivity contribution in [2.45, 2.75) is 19.4 Å². The lowest BCUT2D eigenvalue weighted by Crippen LogP contribution is -2.07. The number of benzene rings is 1. The van der Waals surface area contributed by atoms with Gasteiger partial charge >= 0.3 is 0 Å². The largest absolute Gasteiger partial charge is 0.352 e. The molecule has 1 N–H and O–H groups in total. The molecule has 0 bridgehead atoms. The van der Waals surface area contributed by atoms with Crippen molar-refractivity contribution < 1.29 is 0 Å². The maximum atomic E-state index is 4.28. The van der Waals surface area contributed by atoms with Gasteiger partial charge in [0, 0.05) is 25.5 Å². The summed E-state index contributed by atoms with van der Waals surface area (Å²) >= 11 is 0. The lowest BCUT2D eigenvalue weighted by atomic mass is 10.1. The monoisotopic (exact) mass is 241 g/mol. The zero-order valence-electron chi connectivity index (χ0n) is 10.5. The van der Waals surface area contributed by atoms with Crippen LogP contribution in [0.5, 0.6) is 0 Å². The second-order valence-corrected chi connectivity index (χ2v) is 4.20. The molecule has 0 atom stereocenters. The fraction of sp³-hybridized carbons (Fsp3) is 0.267. The first-order chi connectivity index (χ1) is 8.90. The quantitative estimate of drug-likeness (QED) is 0.755. The zero-order chi connectivity index (χ0) is 12.6. The summed E-state index contributed by atoms with van der Waals surface area (Å²) in [4.78, 5) is 4.28. The molecule has 1 heterocycles. The molecule has 0 aliphatic carbocycles. The Morgan fingerprint density at radius 2 is 2.11 bits per heavy atom. The van der Waals surface area contributed by atoms with E-state index in [0.717, 1.165) is 31.9 Å². The average Bonchev–Trinajstić information content (AvgIpc) is 2.85. The summed E-state index contributed by atoms with van der Waals surface area (Å²) in [5.41, 5.74) is 1.39. The van der Waals surface area contributed by atoms with Crippen molar-refractivity contribution in [3.05, 3.63) is 60.9 Å². The lowest BCUT2D eigenvalue weighted by molar-refractivity contribution is 0.647. The van der Waals surface area contributed by atoms with Crippen LogP contribution >= 0.6 is 0 Å². The van der Waals surface area contributed by atoms with Crippen LogP contribution in [0.15, 0.2) is 55.4 Å². The molecule has 0 spiro atoms. The molecule has 94 valence electrons. The Morgan fingerprint density at radius 1 is 1.28 bits per heavy atom. The third-order valence-corrected chi connectivity index (χ3v) is 2.83. The molecule has 1 aromatic heterocycles. The third kappa shape index (κ3) is 3.48. The molecular formula is C15H19N3. The van der Waals surface area contributed by atoms with Gasteiger partial charge in [-0.05, 0) is 18.4 Å². The summed E-state index contributed by atoms with van der Waals surface area (Å²) in [7, 11) is 0. The number of aromatic nitrogens is 2. The fourth-order valence-electron chi connectivity index (χ4n) is 1.92. The van der Waals surface area contributed by atoms with Gasteiger partial charge in [-0.1, -0.05) is 36.4 Å². The Balaban J connectivity index is 1.83. The van der Waals surface area contributed by atoms with Gasteiger partial charge in [-0.2, -0.15) is 0 Å². The predicted octanol–water partition coefficient (Wildman–Crippen LogP) is 3.11. The van der Waals surface area contributed by atoms with E-state index in [4.69, 9.17) is 0 Å². The van der Waals surface area contributed by atoms with Gasteiger partial charge in [0.15, 0.2) is 0 Å². The minimum atomic E-state index is 0.746. The van der Waals surface area contributed by atoms with Crippen LogP contribution in [-0.2, 0) is 13.0 Å². The molecule has 18 heavy (non-hydrogen) atoms. The summed E-state index contributed by atoms with van der Waals surface area (Å²) in [6, 6.07) is 10.6. The predicted molar refractivity (Wildman–Crippen MR) is 75.7 cm³/mol. The smallest absolute Gasteiger partial charge is 0.203 e. The zero-order valence-corrected chi connectivity index (χ0v) is 10.5. The summed E-state index contributed by atoms with van der Waals surface area (Å²) in [5, 5.41) is 3.23. The van der Waals surface area contributed by atoms with Crippen LogP contribution in [0.25, 0.3) is 0 Å². The highest BCUT2D eigenvalue weighted by molar-refractivity contribution is 5.26. The molecule has 2 aromatic rings. The highest BCUT2D eigenvalue weighted by atomic mass is 15.2. The standard InChI is InChI=1S/C15H19N3/c1-2-10-16-15-17-11-13-18(15)12-6-9-14-7-4-3-5-8-14/h2-5,7-8,11,13H,1,6,9-10,12H2,(H,16,17). The maximum Gasteiger partial charge on any atom is 0.203 e. The molecule has 0 saturated carbocycles. The second kappa shape index (κ2) is 6.64. The van der Waals surface area contributed by atoms with Crippen molar-refractivity contribution in [2.75, 3.05) is 11.9 Å². The highest BCUT2D eigenvalue weighted by Crippen LogP contribution is 2.08. The Labute approximate surface area is 108 Å². The van der Waals surface area contributed by atoms with Gasteiger partial charge in [-0.25, -0.2) is 4.98 Å². The molecule has 0 aliphatic rings. The minimum absolute atomic E-state index is 0.746. The number of hydrogen-bond acceptors (Lipinski definition) is 2. The molecule has 0 amide bonds. The molecular weight excluding hydrogens is 222 g/mol. The topological polar surface area (TPSA) is 29.9 Å². The Bertz CT molecular complexity index is 473. The van der Waals surface area contributed by atoms with Crippen LogP contribution in [0.3, 0.4) is 0 Å². The summed E-state index contributed by atoms with van der Waals surface area (Å²) < 4.78 is 2.15. The van der Waals surface area contributed by atoms with Crippen LogP contribution in [0.4, 0.5) is 5.95 Å². The van der Waals surface area contributed by atoms with Gasteiger partial charge in [-0.3, -0.25) is 0 Å². The molecule has 0 saturated heterocycles. The molecule has 2 rings (SSSR count). The van der Waals surface area contributed by atoms with Crippen molar-refractivity contribution >= 4 is 5.95 Å². The maximum absolute atomic E-state index is 4.28. The number of anilines is 1.